The number of fused-ring (bicyclic) bond motifs is 5. The van der Waals surface area contributed by atoms with Crippen LogP contribution < -0.4 is 5.32 Å². The Bertz CT molecular complexity index is 763. The van der Waals surface area contributed by atoms with Gasteiger partial charge in [0.25, 0.3) is 0 Å². The first-order valence-electron chi connectivity index (χ1n) is 18.5. The van der Waals surface area contributed by atoms with Gasteiger partial charge in [0.05, 0.1) is 25.9 Å². The lowest BCUT2D eigenvalue weighted by atomic mass is 9.47. The highest BCUT2D eigenvalue weighted by atomic mass is 16.5. The van der Waals surface area contributed by atoms with E-state index in [0.717, 1.165) is 36.0 Å². The molecule has 248 valence electrons. The third-order valence-corrected chi connectivity index (χ3v) is 11.0. The first-order chi connectivity index (χ1) is 20.3. The summed E-state index contributed by atoms with van der Waals surface area (Å²) in [6.45, 7) is 25.9. The van der Waals surface area contributed by atoms with Crippen molar-refractivity contribution in [2.45, 2.75) is 159 Å². The van der Waals surface area contributed by atoms with Crippen LogP contribution >= 0.6 is 0 Å². The minimum Gasteiger partial charge on any atom is -0.465 e. The molecule has 4 aliphatic carbocycles. The summed E-state index contributed by atoms with van der Waals surface area (Å²) >= 11 is 0. The van der Waals surface area contributed by atoms with Crippen LogP contribution in [-0.4, -0.2) is 38.4 Å². The van der Waals surface area contributed by atoms with Crippen molar-refractivity contribution < 1.29 is 14.3 Å². The molecule has 0 aromatic carbocycles. The number of rotatable bonds is 12. The van der Waals surface area contributed by atoms with Crippen LogP contribution in [0.5, 0.6) is 0 Å². The summed E-state index contributed by atoms with van der Waals surface area (Å²) in [5.74, 6) is 4.36. The van der Waals surface area contributed by atoms with Gasteiger partial charge in [0.2, 0.25) is 0 Å². The van der Waals surface area contributed by atoms with Crippen LogP contribution in [0.1, 0.15) is 153 Å². The van der Waals surface area contributed by atoms with Crippen molar-refractivity contribution in [3.05, 3.63) is 11.6 Å². The summed E-state index contributed by atoms with van der Waals surface area (Å²) in [4.78, 5) is 11.5. The summed E-state index contributed by atoms with van der Waals surface area (Å²) in [7, 11) is 0. The average molecular weight is 592 g/mol. The molecule has 0 saturated heterocycles. The first-order valence-corrected chi connectivity index (χ1v) is 18.5. The van der Waals surface area contributed by atoms with Gasteiger partial charge in [-0.15, -0.1) is 0 Å². The van der Waals surface area contributed by atoms with Crippen LogP contribution in [-0.2, 0) is 14.3 Å². The monoisotopic (exact) mass is 592 g/mol. The molecule has 1 N–H and O–H groups in total. The van der Waals surface area contributed by atoms with Crippen molar-refractivity contribution in [2.75, 3.05) is 26.3 Å². The molecule has 42 heavy (non-hydrogen) atoms. The zero-order chi connectivity index (χ0) is 31.8. The fourth-order valence-corrected chi connectivity index (χ4v) is 9.00. The third kappa shape index (κ3) is 10.1. The highest BCUT2D eigenvalue weighted by Crippen LogP contribution is 2.66. The van der Waals surface area contributed by atoms with Crippen LogP contribution in [0, 0.1) is 40.4 Å². The minimum atomic E-state index is -0.184. The van der Waals surface area contributed by atoms with Gasteiger partial charge in [-0.05, 0) is 105 Å². The highest BCUT2D eigenvalue weighted by Gasteiger charge is 2.58. The summed E-state index contributed by atoms with van der Waals surface area (Å²) in [6.07, 6.45) is 19.5. The fraction of sp³-hybridized carbons (Fsp3) is 0.921. The predicted octanol–water partition coefficient (Wildman–Crippen LogP) is 10.4. The lowest BCUT2D eigenvalue weighted by molar-refractivity contribution is -0.142. The Kier molecular flexibility index (Phi) is 18.8. The molecule has 0 bridgehead atoms. The van der Waals surface area contributed by atoms with Gasteiger partial charge in [-0.2, -0.15) is 0 Å². The summed E-state index contributed by atoms with van der Waals surface area (Å²) < 4.78 is 11.2. The Labute approximate surface area is 262 Å². The number of hydrogen-bond donors (Lipinski definition) is 1. The van der Waals surface area contributed by atoms with E-state index in [-0.39, 0.29) is 12.5 Å². The second-order valence-corrected chi connectivity index (χ2v) is 13.5. The molecule has 4 aliphatic rings. The molecule has 4 heteroatoms. The van der Waals surface area contributed by atoms with Gasteiger partial charge in [0.1, 0.15) is 0 Å². The average Bonchev–Trinajstić information content (AvgIpc) is 3.34. The summed E-state index contributed by atoms with van der Waals surface area (Å²) in [6, 6.07) is 0. The van der Waals surface area contributed by atoms with Gasteiger partial charge in [0.15, 0.2) is 0 Å². The summed E-state index contributed by atoms with van der Waals surface area (Å²) in [5.41, 5.74) is 2.69. The topological polar surface area (TPSA) is 47.6 Å². The highest BCUT2D eigenvalue weighted by molar-refractivity contribution is 5.71. The number of hydrogen-bond acceptors (Lipinski definition) is 4. The maximum atomic E-state index is 11.5. The van der Waals surface area contributed by atoms with Crippen molar-refractivity contribution in [2.24, 2.45) is 40.4 Å². The van der Waals surface area contributed by atoms with Crippen molar-refractivity contribution in [1.29, 1.82) is 0 Å². The Balaban J connectivity index is 0.00000138. The van der Waals surface area contributed by atoms with Crippen LogP contribution in [0.3, 0.4) is 0 Å². The molecular formula is C38H73NO3. The molecule has 4 rings (SSSR count). The molecule has 0 spiro atoms. The number of ether oxygens (including phenoxy) is 2. The molecule has 4 nitrogen and oxygen atoms in total. The van der Waals surface area contributed by atoms with Crippen molar-refractivity contribution in [1.82, 2.24) is 5.32 Å². The summed E-state index contributed by atoms with van der Waals surface area (Å²) in [5, 5.41) is 3.15. The van der Waals surface area contributed by atoms with E-state index in [1.165, 1.54) is 70.6 Å². The SMILES string of the molecule is CC.CC.CC.CCOC(=O)CNCCOC1CCC2(C)C(=CCC3C2CCC2(C)C3CC[C@@H]2CCCCC(C)C)C1. The van der Waals surface area contributed by atoms with Crippen LogP contribution in [0.15, 0.2) is 11.6 Å². The molecular weight excluding hydrogens is 518 g/mol. The number of nitrogens with one attached hydrogen (secondary N) is 1. The Morgan fingerprint density at radius 1 is 0.976 bits per heavy atom. The van der Waals surface area contributed by atoms with E-state index < -0.39 is 0 Å². The van der Waals surface area contributed by atoms with E-state index in [1.807, 2.05) is 48.5 Å². The molecule has 3 saturated carbocycles. The third-order valence-electron chi connectivity index (χ3n) is 11.0. The fourth-order valence-electron chi connectivity index (χ4n) is 9.00. The van der Waals surface area contributed by atoms with Crippen LogP contribution in [0.25, 0.3) is 0 Å². The number of carbonyl (C=O) groups excluding carboxylic acids is 1. The molecule has 7 atom stereocenters. The second kappa shape index (κ2) is 20.2. The van der Waals surface area contributed by atoms with Crippen LogP contribution in [0.4, 0.5) is 0 Å². The predicted molar refractivity (Wildman–Crippen MR) is 182 cm³/mol. The molecule has 0 aliphatic heterocycles. The molecule has 3 fully saturated rings. The van der Waals surface area contributed by atoms with E-state index in [9.17, 15) is 4.79 Å². The molecule has 0 radical (unpaired) electrons. The standard InChI is InChI=1S/C32H55NO3.3C2H6/c1-6-35-30(34)22-33-19-20-36-26-15-17-32(5)25(21-26)11-13-27-28-14-12-24(10-8-7-9-23(2)3)31(28,4)18-16-29(27)32;3*1-2/h11,23-24,26-29,33H,6-10,12-22H2,1-5H3;3*1-2H3/t24-,26?,27?,28?,29?,31?,32?;;;/m0.../s1. The second-order valence-electron chi connectivity index (χ2n) is 13.5. The molecule has 6 unspecified atom stereocenters. The number of esters is 1. The van der Waals surface area contributed by atoms with E-state index in [1.54, 1.807) is 5.57 Å². The smallest absolute Gasteiger partial charge is 0.319 e. The van der Waals surface area contributed by atoms with Gasteiger partial charge in [0, 0.05) is 6.54 Å². The maximum absolute atomic E-state index is 11.5. The Morgan fingerprint density at radius 3 is 2.36 bits per heavy atom. The quantitative estimate of drug-likeness (QED) is 0.139. The lowest BCUT2D eigenvalue weighted by Crippen LogP contribution is -2.50. The van der Waals surface area contributed by atoms with Crippen molar-refractivity contribution >= 4 is 5.97 Å². The van der Waals surface area contributed by atoms with E-state index in [4.69, 9.17) is 9.47 Å². The van der Waals surface area contributed by atoms with Crippen molar-refractivity contribution in [3.63, 3.8) is 0 Å². The van der Waals surface area contributed by atoms with E-state index >= 15 is 0 Å². The van der Waals surface area contributed by atoms with Gasteiger partial charge < -0.3 is 14.8 Å². The first kappa shape index (κ1) is 39.2. The van der Waals surface area contributed by atoms with E-state index in [2.05, 4.69) is 39.1 Å². The zero-order valence-corrected chi connectivity index (χ0v) is 30.1. The molecule has 0 amide bonds. The molecule has 0 aromatic heterocycles. The largest absolute Gasteiger partial charge is 0.465 e. The Hall–Kier alpha value is -0.870. The van der Waals surface area contributed by atoms with Gasteiger partial charge in [-0.1, -0.05) is 100 Å². The van der Waals surface area contributed by atoms with Crippen LogP contribution in [0.2, 0.25) is 0 Å². The normalized spacial score (nSPS) is 32.8. The number of unbranched alkanes of at least 4 members (excludes halogenated alkanes) is 1. The minimum absolute atomic E-state index is 0.184. The maximum Gasteiger partial charge on any atom is 0.319 e. The number of carbonyl (C=O) groups is 1. The van der Waals surface area contributed by atoms with Gasteiger partial charge in [-0.3, -0.25) is 4.79 Å². The molecule has 0 heterocycles. The van der Waals surface area contributed by atoms with Gasteiger partial charge >= 0.3 is 5.97 Å². The lowest BCUT2D eigenvalue weighted by Gasteiger charge is -2.58. The Morgan fingerprint density at radius 2 is 1.69 bits per heavy atom. The van der Waals surface area contributed by atoms with Gasteiger partial charge in [-0.25, -0.2) is 0 Å². The zero-order valence-electron chi connectivity index (χ0n) is 30.1. The van der Waals surface area contributed by atoms with E-state index in [0.29, 0.717) is 36.7 Å². The van der Waals surface area contributed by atoms with Crippen molar-refractivity contribution in [3.8, 4) is 0 Å². The number of allylic oxidation sites excluding steroid dienone is 1. The molecule has 0 aromatic rings.